The largest absolute Gasteiger partial charge is 0.368 e. The highest BCUT2D eigenvalue weighted by atomic mass is 16.2. The highest BCUT2D eigenvalue weighted by Crippen LogP contribution is 2.18. The van der Waals surface area contributed by atoms with Crippen molar-refractivity contribution in [2.45, 2.75) is 25.3 Å². The Kier molecular flexibility index (Phi) is 8.05. The number of hydrogen-bond acceptors (Lipinski definition) is 5. The number of amides is 1. The third-order valence-electron chi connectivity index (χ3n) is 4.19. The third-order valence-corrected chi connectivity index (χ3v) is 4.19. The maximum absolute atomic E-state index is 12.3. The second kappa shape index (κ2) is 10.5. The van der Waals surface area contributed by atoms with Crippen LogP contribution in [0.25, 0.3) is 0 Å². The molecule has 1 heterocycles. The van der Waals surface area contributed by atoms with E-state index in [-0.39, 0.29) is 11.9 Å². The third kappa shape index (κ3) is 6.55. The van der Waals surface area contributed by atoms with E-state index in [4.69, 9.17) is 22.6 Å². The lowest BCUT2D eigenvalue weighted by Gasteiger charge is -2.22. The van der Waals surface area contributed by atoms with Crippen LogP contribution in [0.2, 0.25) is 0 Å². The summed E-state index contributed by atoms with van der Waals surface area (Å²) < 4.78 is 0. The lowest BCUT2D eigenvalue weighted by molar-refractivity contribution is -0.119. The number of nitrogens with two attached hydrogens (primary N) is 3. The molecule has 8 N–H and O–H groups in total. The van der Waals surface area contributed by atoms with Gasteiger partial charge in [-0.2, -0.15) is 4.99 Å². The van der Waals surface area contributed by atoms with Crippen molar-refractivity contribution in [3.8, 4) is 0 Å². The average Bonchev–Trinajstić information content (AvgIpc) is 2.64. The molecule has 2 rings (SSSR count). The van der Waals surface area contributed by atoms with Crippen molar-refractivity contribution in [2.75, 3.05) is 26.2 Å². The minimum absolute atomic E-state index is 0.0378. The predicted molar refractivity (Wildman–Crippen MR) is 108 cm³/mol. The van der Waals surface area contributed by atoms with E-state index in [9.17, 15) is 4.79 Å². The molecule has 1 unspecified atom stereocenters. The van der Waals surface area contributed by atoms with Gasteiger partial charge in [-0.1, -0.05) is 24.3 Å². The molecule has 0 aliphatic carbocycles. The number of nitrogens with one attached hydrogen (secondary N) is 2. The van der Waals surface area contributed by atoms with Crippen LogP contribution in [0, 0.1) is 5.41 Å². The fourth-order valence-electron chi connectivity index (χ4n) is 2.83. The number of nitrogens with zero attached hydrogens (tertiary/aromatic N) is 3. The van der Waals surface area contributed by atoms with Gasteiger partial charge in [-0.05, 0) is 50.1 Å². The van der Waals surface area contributed by atoms with Crippen molar-refractivity contribution >= 4 is 24.0 Å². The van der Waals surface area contributed by atoms with Crippen molar-refractivity contribution in [3.63, 3.8) is 0 Å². The van der Waals surface area contributed by atoms with Crippen LogP contribution >= 0.6 is 0 Å². The first-order valence-electron chi connectivity index (χ1n) is 9.02. The molecule has 0 aromatic heterocycles. The van der Waals surface area contributed by atoms with Gasteiger partial charge >= 0.3 is 0 Å². The molecule has 0 spiro atoms. The second-order valence-electron chi connectivity index (χ2n) is 6.37. The Labute approximate surface area is 159 Å². The van der Waals surface area contributed by atoms with E-state index in [0.29, 0.717) is 13.1 Å². The van der Waals surface area contributed by atoms with Gasteiger partial charge in [0, 0.05) is 12.8 Å². The molecule has 1 aromatic carbocycles. The molecule has 0 bridgehead atoms. The highest BCUT2D eigenvalue weighted by Gasteiger charge is 2.24. The molecule has 1 aliphatic rings. The van der Waals surface area contributed by atoms with Gasteiger partial charge in [-0.3, -0.25) is 20.4 Å². The van der Waals surface area contributed by atoms with E-state index >= 15 is 0 Å². The predicted octanol–water partition coefficient (Wildman–Crippen LogP) is -0.280. The van der Waals surface area contributed by atoms with E-state index in [1.54, 1.807) is 0 Å². The Bertz CT molecular complexity index is 690. The van der Waals surface area contributed by atoms with Gasteiger partial charge in [0.1, 0.15) is 0 Å². The number of hydrogen-bond donors (Lipinski definition) is 5. The van der Waals surface area contributed by atoms with Crippen LogP contribution in [-0.4, -0.2) is 55.1 Å². The zero-order valence-corrected chi connectivity index (χ0v) is 15.4. The molecule has 0 radical (unpaired) electrons. The molecule has 9 heteroatoms. The molecule has 1 atom stereocenters. The second-order valence-corrected chi connectivity index (χ2v) is 6.37. The first-order valence-corrected chi connectivity index (χ1v) is 9.02. The van der Waals surface area contributed by atoms with E-state index in [1.165, 1.54) is 11.8 Å². The van der Waals surface area contributed by atoms with Crippen molar-refractivity contribution < 1.29 is 4.79 Å². The fourth-order valence-corrected chi connectivity index (χ4v) is 2.83. The summed E-state index contributed by atoms with van der Waals surface area (Å²) in [5.74, 6) is -1.10. The van der Waals surface area contributed by atoms with Gasteiger partial charge in [-0.25, -0.2) is 4.99 Å². The molecule has 146 valence electrons. The quantitative estimate of drug-likeness (QED) is 0.297. The molecule has 0 saturated heterocycles. The minimum atomic E-state index is -0.490. The van der Waals surface area contributed by atoms with Gasteiger partial charge < -0.3 is 17.2 Å². The Morgan fingerprint density at radius 2 is 1.81 bits per heavy atom. The van der Waals surface area contributed by atoms with Gasteiger partial charge in [0.2, 0.25) is 17.8 Å². The SMILES string of the molecule is N=C(N)N=C1N=CC(c2ccc(CN(CCCN)CCCN)cc2)C(=O)N1. The van der Waals surface area contributed by atoms with Gasteiger partial charge in [-0.15, -0.1) is 0 Å². The molecule has 1 aromatic rings. The van der Waals surface area contributed by atoms with Crippen LogP contribution in [0.1, 0.15) is 29.9 Å². The van der Waals surface area contributed by atoms with Crippen LogP contribution < -0.4 is 22.5 Å². The van der Waals surface area contributed by atoms with Crippen LogP contribution in [-0.2, 0) is 11.3 Å². The standard InChI is InChI=1S/C18H28N8O/c19-7-1-9-26(10-2-8-20)12-13-3-5-14(6-4-13)15-11-23-18(24-16(15)27)25-17(21)22/h3-6,11,15H,1-2,7-10,12,19-20H2,(H4,21,22,24,25,27). The normalized spacial score (nSPS) is 18.1. The van der Waals surface area contributed by atoms with Crippen molar-refractivity contribution in [1.29, 1.82) is 5.41 Å². The summed E-state index contributed by atoms with van der Waals surface area (Å²) in [6.45, 7) is 4.04. The Balaban J connectivity index is 2.03. The number of carbonyl (C=O) groups is 1. The summed E-state index contributed by atoms with van der Waals surface area (Å²) in [4.78, 5) is 22.3. The first kappa shape index (κ1) is 20.7. The van der Waals surface area contributed by atoms with Crippen LogP contribution in [0.3, 0.4) is 0 Å². The zero-order chi connectivity index (χ0) is 19.6. The maximum Gasteiger partial charge on any atom is 0.239 e. The Morgan fingerprint density at radius 1 is 1.19 bits per heavy atom. The molecule has 0 saturated carbocycles. The van der Waals surface area contributed by atoms with Crippen molar-refractivity contribution in [2.24, 2.45) is 27.2 Å². The van der Waals surface area contributed by atoms with Crippen molar-refractivity contribution in [3.05, 3.63) is 35.4 Å². The van der Waals surface area contributed by atoms with Crippen LogP contribution in [0.15, 0.2) is 34.3 Å². The first-order chi connectivity index (χ1) is 13.0. The van der Waals surface area contributed by atoms with Crippen LogP contribution in [0.5, 0.6) is 0 Å². The molecule has 1 aliphatic heterocycles. The van der Waals surface area contributed by atoms with E-state index in [2.05, 4.69) is 20.2 Å². The van der Waals surface area contributed by atoms with E-state index in [1.807, 2.05) is 24.3 Å². The number of rotatable bonds is 9. The van der Waals surface area contributed by atoms with E-state index in [0.717, 1.165) is 38.0 Å². The number of benzene rings is 1. The minimum Gasteiger partial charge on any atom is -0.368 e. The summed E-state index contributed by atoms with van der Waals surface area (Å²) in [5.41, 5.74) is 18.4. The number of aliphatic imine (C=N–C) groups is 2. The Morgan fingerprint density at radius 3 is 2.33 bits per heavy atom. The monoisotopic (exact) mass is 372 g/mol. The number of guanidine groups is 2. The van der Waals surface area contributed by atoms with E-state index < -0.39 is 11.9 Å². The summed E-state index contributed by atoms with van der Waals surface area (Å²) in [6.07, 6.45) is 3.42. The summed E-state index contributed by atoms with van der Waals surface area (Å²) in [6, 6.07) is 7.91. The fraction of sp³-hybridized carbons (Fsp3) is 0.444. The molecule has 0 fully saturated rings. The lowest BCUT2D eigenvalue weighted by atomic mass is 9.97. The maximum atomic E-state index is 12.3. The molecular weight excluding hydrogens is 344 g/mol. The average molecular weight is 372 g/mol. The topological polar surface area (TPSA) is 159 Å². The lowest BCUT2D eigenvalue weighted by Crippen LogP contribution is -2.39. The molecule has 1 amide bonds. The smallest absolute Gasteiger partial charge is 0.239 e. The molecule has 27 heavy (non-hydrogen) atoms. The molecule has 9 nitrogen and oxygen atoms in total. The van der Waals surface area contributed by atoms with Gasteiger partial charge in [0.25, 0.3) is 0 Å². The van der Waals surface area contributed by atoms with Crippen LogP contribution in [0.4, 0.5) is 0 Å². The van der Waals surface area contributed by atoms with Crippen molar-refractivity contribution in [1.82, 2.24) is 10.2 Å². The Hall–Kier alpha value is -2.62. The summed E-state index contributed by atoms with van der Waals surface area (Å²) in [5, 5.41) is 9.67. The van der Waals surface area contributed by atoms with Gasteiger partial charge in [0.05, 0.1) is 5.92 Å². The zero-order valence-electron chi connectivity index (χ0n) is 15.4. The summed E-state index contributed by atoms with van der Waals surface area (Å²) >= 11 is 0. The van der Waals surface area contributed by atoms with Gasteiger partial charge in [0.15, 0.2) is 0 Å². The number of carbonyl (C=O) groups excluding carboxylic acids is 1. The highest BCUT2D eigenvalue weighted by molar-refractivity contribution is 6.15. The summed E-state index contributed by atoms with van der Waals surface area (Å²) in [7, 11) is 0. The molecular formula is C18H28N8O.